The van der Waals surface area contributed by atoms with E-state index >= 15 is 0 Å². The number of nitrogens with zero attached hydrogens (tertiary/aromatic N) is 3. The third-order valence-electron chi connectivity index (χ3n) is 4.04. The second-order valence-corrected chi connectivity index (χ2v) is 7.26. The number of carbonyl (C=O) groups excluding carboxylic acids is 1. The van der Waals surface area contributed by atoms with Crippen LogP contribution in [0.2, 0.25) is 0 Å². The summed E-state index contributed by atoms with van der Waals surface area (Å²) in [6.07, 6.45) is 0. The highest BCUT2D eigenvalue weighted by molar-refractivity contribution is 8.00. The van der Waals surface area contributed by atoms with Crippen molar-refractivity contribution in [2.45, 2.75) is 24.3 Å². The SMILES string of the molecule is CCOc1ccc(C(=O)[C@@H](C)Sc2nnc(-c3ccc(F)cc3)n2C)cc1. The van der Waals surface area contributed by atoms with E-state index in [1.54, 1.807) is 41.0 Å². The predicted molar refractivity (Wildman–Crippen MR) is 104 cm³/mol. The summed E-state index contributed by atoms with van der Waals surface area (Å²) in [6.45, 7) is 4.34. The fraction of sp³-hybridized carbons (Fsp3) is 0.250. The van der Waals surface area contributed by atoms with E-state index in [2.05, 4.69) is 10.2 Å². The minimum Gasteiger partial charge on any atom is -0.494 e. The van der Waals surface area contributed by atoms with Gasteiger partial charge in [0.1, 0.15) is 11.6 Å². The van der Waals surface area contributed by atoms with Crippen molar-refractivity contribution in [3.63, 3.8) is 0 Å². The van der Waals surface area contributed by atoms with Crippen LogP contribution in [0.4, 0.5) is 4.39 Å². The molecule has 0 saturated carbocycles. The number of hydrogen-bond acceptors (Lipinski definition) is 5. The molecule has 1 heterocycles. The van der Waals surface area contributed by atoms with Crippen molar-refractivity contribution in [3.8, 4) is 17.1 Å². The highest BCUT2D eigenvalue weighted by Gasteiger charge is 2.20. The Bertz CT molecular complexity index is 923. The maximum absolute atomic E-state index is 13.1. The summed E-state index contributed by atoms with van der Waals surface area (Å²) in [4.78, 5) is 12.7. The number of Topliss-reactive ketones (excluding diaryl/α,β-unsaturated/α-hetero) is 1. The molecular formula is C20H20FN3O2S. The lowest BCUT2D eigenvalue weighted by molar-refractivity contribution is 0.0994. The van der Waals surface area contributed by atoms with Crippen LogP contribution in [0.5, 0.6) is 5.75 Å². The van der Waals surface area contributed by atoms with Crippen LogP contribution in [0, 0.1) is 5.82 Å². The Morgan fingerprint density at radius 3 is 2.44 bits per heavy atom. The average molecular weight is 385 g/mol. The number of ketones is 1. The lowest BCUT2D eigenvalue weighted by Gasteiger charge is -2.11. The maximum Gasteiger partial charge on any atom is 0.191 e. The van der Waals surface area contributed by atoms with Gasteiger partial charge in [0.2, 0.25) is 0 Å². The van der Waals surface area contributed by atoms with Crippen molar-refractivity contribution < 1.29 is 13.9 Å². The van der Waals surface area contributed by atoms with Gasteiger partial charge in [-0.2, -0.15) is 0 Å². The monoisotopic (exact) mass is 385 g/mol. The first-order valence-electron chi connectivity index (χ1n) is 8.58. The molecule has 0 radical (unpaired) electrons. The van der Waals surface area contributed by atoms with Crippen molar-refractivity contribution >= 4 is 17.5 Å². The van der Waals surface area contributed by atoms with Crippen molar-refractivity contribution in [3.05, 3.63) is 59.9 Å². The van der Waals surface area contributed by atoms with E-state index in [1.807, 2.05) is 20.9 Å². The molecule has 3 rings (SSSR count). The van der Waals surface area contributed by atoms with Crippen molar-refractivity contribution in [1.29, 1.82) is 0 Å². The van der Waals surface area contributed by atoms with Crippen LogP contribution < -0.4 is 4.74 Å². The number of carbonyl (C=O) groups is 1. The van der Waals surface area contributed by atoms with Gasteiger partial charge in [-0.1, -0.05) is 11.8 Å². The van der Waals surface area contributed by atoms with Crippen LogP contribution in [0.15, 0.2) is 53.7 Å². The number of aromatic nitrogens is 3. The number of hydrogen-bond donors (Lipinski definition) is 0. The third kappa shape index (κ3) is 4.36. The zero-order valence-electron chi connectivity index (χ0n) is 15.3. The van der Waals surface area contributed by atoms with E-state index in [0.717, 1.165) is 11.3 Å². The number of ether oxygens (including phenoxy) is 1. The highest BCUT2D eigenvalue weighted by Crippen LogP contribution is 2.27. The molecular weight excluding hydrogens is 365 g/mol. The first-order chi connectivity index (χ1) is 13.0. The molecule has 0 aliphatic rings. The summed E-state index contributed by atoms with van der Waals surface area (Å²) in [6, 6.07) is 13.2. The Hall–Kier alpha value is -2.67. The van der Waals surface area contributed by atoms with Crippen LogP contribution in [0.3, 0.4) is 0 Å². The van der Waals surface area contributed by atoms with Gasteiger partial charge in [0.05, 0.1) is 11.9 Å². The van der Waals surface area contributed by atoms with Gasteiger partial charge < -0.3 is 9.30 Å². The quantitative estimate of drug-likeness (QED) is 0.446. The lowest BCUT2D eigenvalue weighted by Crippen LogP contribution is -2.14. The smallest absolute Gasteiger partial charge is 0.191 e. The Labute approximate surface area is 161 Å². The summed E-state index contributed by atoms with van der Waals surface area (Å²) in [5, 5.41) is 8.65. The molecule has 0 unspecified atom stereocenters. The lowest BCUT2D eigenvalue weighted by atomic mass is 10.1. The van der Waals surface area contributed by atoms with E-state index in [-0.39, 0.29) is 16.9 Å². The molecule has 0 spiro atoms. The molecule has 1 aromatic heterocycles. The summed E-state index contributed by atoms with van der Waals surface area (Å²) in [7, 11) is 1.83. The first kappa shape index (κ1) is 19.1. The van der Waals surface area contributed by atoms with Gasteiger partial charge in [-0.15, -0.1) is 10.2 Å². The van der Waals surface area contributed by atoms with Gasteiger partial charge in [-0.25, -0.2) is 4.39 Å². The number of rotatable bonds is 7. The van der Waals surface area contributed by atoms with Crippen LogP contribution in [-0.2, 0) is 7.05 Å². The molecule has 0 amide bonds. The Balaban J connectivity index is 1.73. The Morgan fingerprint density at radius 2 is 1.81 bits per heavy atom. The predicted octanol–water partition coefficient (Wildman–Crippen LogP) is 4.38. The summed E-state index contributed by atoms with van der Waals surface area (Å²) in [5.41, 5.74) is 1.39. The fourth-order valence-corrected chi connectivity index (χ4v) is 3.49. The van der Waals surface area contributed by atoms with Crippen LogP contribution in [0.25, 0.3) is 11.4 Å². The van der Waals surface area contributed by atoms with Gasteiger partial charge in [0, 0.05) is 18.2 Å². The van der Waals surface area contributed by atoms with Crippen molar-refractivity contribution in [2.24, 2.45) is 7.05 Å². The summed E-state index contributed by atoms with van der Waals surface area (Å²) < 4.78 is 20.3. The van der Waals surface area contributed by atoms with E-state index in [4.69, 9.17) is 4.74 Å². The second kappa shape index (κ2) is 8.35. The molecule has 5 nitrogen and oxygen atoms in total. The van der Waals surface area contributed by atoms with Crippen molar-refractivity contribution in [1.82, 2.24) is 14.8 Å². The van der Waals surface area contributed by atoms with Gasteiger partial charge in [0.15, 0.2) is 16.8 Å². The van der Waals surface area contributed by atoms with Gasteiger partial charge in [-0.05, 0) is 62.4 Å². The summed E-state index contributed by atoms with van der Waals surface area (Å²) >= 11 is 1.34. The fourth-order valence-electron chi connectivity index (χ4n) is 2.60. The van der Waals surface area contributed by atoms with E-state index < -0.39 is 0 Å². The number of thioether (sulfide) groups is 1. The number of benzene rings is 2. The zero-order valence-corrected chi connectivity index (χ0v) is 16.2. The molecule has 0 aliphatic heterocycles. The Kier molecular flexibility index (Phi) is 5.91. The molecule has 0 saturated heterocycles. The Morgan fingerprint density at radius 1 is 1.15 bits per heavy atom. The van der Waals surface area contributed by atoms with E-state index in [0.29, 0.717) is 23.2 Å². The minimum atomic E-state index is -0.327. The van der Waals surface area contributed by atoms with Crippen LogP contribution in [-0.4, -0.2) is 32.4 Å². The molecule has 0 bridgehead atoms. The maximum atomic E-state index is 13.1. The van der Waals surface area contributed by atoms with Crippen LogP contribution >= 0.6 is 11.8 Å². The average Bonchev–Trinajstić information content (AvgIpc) is 3.03. The minimum absolute atomic E-state index is 0.00869. The topological polar surface area (TPSA) is 57.0 Å². The van der Waals surface area contributed by atoms with Crippen LogP contribution in [0.1, 0.15) is 24.2 Å². The van der Waals surface area contributed by atoms with E-state index in [1.165, 1.54) is 23.9 Å². The molecule has 140 valence electrons. The van der Waals surface area contributed by atoms with Crippen molar-refractivity contribution in [2.75, 3.05) is 6.61 Å². The number of halogens is 1. The molecule has 0 aliphatic carbocycles. The van der Waals surface area contributed by atoms with Gasteiger partial charge in [0.25, 0.3) is 0 Å². The largest absolute Gasteiger partial charge is 0.494 e. The van der Waals surface area contributed by atoms with Gasteiger partial charge >= 0.3 is 0 Å². The molecule has 2 aromatic carbocycles. The molecule has 0 N–H and O–H groups in total. The molecule has 3 aromatic rings. The molecule has 1 atom stereocenters. The molecule has 27 heavy (non-hydrogen) atoms. The van der Waals surface area contributed by atoms with Gasteiger partial charge in [-0.3, -0.25) is 4.79 Å². The second-order valence-electron chi connectivity index (χ2n) is 5.95. The summed E-state index contributed by atoms with van der Waals surface area (Å²) in [5.74, 6) is 1.07. The first-order valence-corrected chi connectivity index (χ1v) is 9.46. The highest BCUT2D eigenvalue weighted by atomic mass is 32.2. The normalized spacial score (nSPS) is 12.0. The molecule has 7 heteroatoms. The zero-order chi connectivity index (χ0) is 19.4. The molecule has 0 fully saturated rings. The standard InChI is InChI=1S/C20H20FN3O2S/c1-4-26-17-11-7-14(8-12-17)18(25)13(2)27-20-23-22-19(24(20)3)15-5-9-16(21)10-6-15/h5-13H,4H2,1-3H3/t13-/m1/s1. The van der Waals surface area contributed by atoms with E-state index in [9.17, 15) is 9.18 Å². The third-order valence-corrected chi connectivity index (χ3v) is 5.17.